The minimum atomic E-state index is 0.189. The first-order valence-electron chi connectivity index (χ1n) is 5.72. The van der Waals surface area contributed by atoms with E-state index in [9.17, 15) is 0 Å². The molecule has 1 unspecified atom stereocenters. The number of rotatable bonds is 4. The first-order chi connectivity index (χ1) is 8.67. The van der Waals surface area contributed by atoms with E-state index < -0.39 is 0 Å². The minimum Gasteiger partial charge on any atom is -0.496 e. The van der Waals surface area contributed by atoms with Crippen molar-refractivity contribution in [1.29, 1.82) is 0 Å². The number of aryl methyl sites for hydroxylation is 1. The van der Waals surface area contributed by atoms with Crippen LogP contribution in [-0.2, 0) is 0 Å². The average molecular weight is 326 g/mol. The normalized spacial score (nSPS) is 12.4. The Hall–Kier alpha value is -0.840. The molecule has 0 amide bonds. The zero-order valence-electron chi connectivity index (χ0n) is 10.7. The molecule has 2 nitrogen and oxygen atoms in total. The van der Waals surface area contributed by atoms with Gasteiger partial charge in [-0.3, -0.25) is 0 Å². The molecular formula is C14H16BrNOS. The van der Waals surface area contributed by atoms with Gasteiger partial charge in [0.15, 0.2) is 0 Å². The van der Waals surface area contributed by atoms with Crippen molar-refractivity contribution in [3.8, 4) is 5.75 Å². The van der Waals surface area contributed by atoms with Gasteiger partial charge in [-0.15, -0.1) is 11.3 Å². The standard InChI is InChI=1S/C14H16BrNOS/c1-9-4-5-10(8-12(9)17-3)13(16-2)14-11(15)6-7-18-14/h4-8,13,16H,1-3H3. The predicted octanol–water partition coefficient (Wildman–Crippen LogP) is 4.14. The molecule has 0 bridgehead atoms. The molecule has 0 saturated carbocycles. The Balaban J connectivity index is 2.42. The molecule has 0 saturated heterocycles. The van der Waals surface area contributed by atoms with Crippen molar-refractivity contribution in [3.05, 3.63) is 50.1 Å². The highest BCUT2D eigenvalue weighted by atomic mass is 79.9. The number of halogens is 1. The van der Waals surface area contributed by atoms with E-state index in [4.69, 9.17) is 4.74 Å². The second-order valence-corrected chi connectivity index (χ2v) is 5.89. The number of benzene rings is 1. The van der Waals surface area contributed by atoms with Crippen LogP contribution >= 0.6 is 27.3 Å². The van der Waals surface area contributed by atoms with E-state index in [0.717, 1.165) is 15.8 Å². The molecule has 0 spiro atoms. The second-order valence-electron chi connectivity index (χ2n) is 4.08. The van der Waals surface area contributed by atoms with Gasteiger partial charge in [-0.2, -0.15) is 0 Å². The summed E-state index contributed by atoms with van der Waals surface area (Å²) >= 11 is 5.34. The predicted molar refractivity (Wildman–Crippen MR) is 80.7 cm³/mol. The van der Waals surface area contributed by atoms with Crippen LogP contribution in [0.3, 0.4) is 0 Å². The van der Waals surface area contributed by atoms with Gasteiger partial charge in [0.1, 0.15) is 5.75 Å². The number of nitrogens with one attached hydrogen (secondary N) is 1. The summed E-state index contributed by atoms with van der Waals surface area (Å²) in [6, 6.07) is 8.61. The van der Waals surface area contributed by atoms with Crippen LogP contribution in [0, 0.1) is 6.92 Å². The number of hydrogen-bond acceptors (Lipinski definition) is 3. The highest BCUT2D eigenvalue weighted by molar-refractivity contribution is 9.10. The van der Waals surface area contributed by atoms with E-state index in [0.29, 0.717) is 0 Å². The Labute approximate surface area is 120 Å². The first-order valence-corrected chi connectivity index (χ1v) is 7.39. The lowest BCUT2D eigenvalue weighted by Crippen LogP contribution is -2.17. The first kappa shape index (κ1) is 13.6. The summed E-state index contributed by atoms with van der Waals surface area (Å²) in [5.74, 6) is 0.931. The average Bonchev–Trinajstić information content (AvgIpc) is 2.79. The fraction of sp³-hybridized carbons (Fsp3) is 0.286. The summed E-state index contributed by atoms with van der Waals surface area (Å²) in [6.45, 7) is 2.05. The smallest absolute Gasteiger partial charge is 0.122 e. The summed E-state index contributed by atoms with van der Waals surface area (Å²) in [6.07, 6.45) is 0. The maximum atomic E-state index is 5.39. The summed E-state index contributed by atoms with van der Waals surface area (Å²) in [5.41, 5.74) is 2.37. The lowest BCUT2D eigenvalue weighted by Gasteiger charge is -2.17. The lowest BCUT2D eigenvalue weighted by molar-refractivity contribution is 0.410. The van der Waals surface area contributed by atoms with Gasteiger partial charge in [-0.05, 0) is 58.5 Å². The Morgan fingerprint density at radius 2 is 2.11 bits per heavy atom. The molecule has 0 fully saturated rings. The third-order valence-electron chi connectivity index (χ3n) is 2.96. The molecule has 1 aromatic carbocycles. The molecule has 4 heteroatoms. The lowest BCUT2D eigenvalue weighted by atomic mass is 10.0. The number of ether oxygens (including phenoxy) is 1. The number of hydrogen-bond donors (Lipinski definition) is 1. The van der Waals surface area contributed by atoms with Crippen LogP contribution in [0.4, 0.5) is 0 Å². The molecule has 0 aliphatic carbocycles. The van der Waals surface area contributed by atoms with Gasteiger partial charge in [0.2, 0.25) is 0 Å². The van der Waals surface area contributed by atoms with Crippen LogP contribution in [0.2, 0.25) is 0 Å². The summed E-state index contributed by atoms with van der Waals surface area (Å²) in [4.78, 5) is 1.28. The van der Waals surface area contributed by atoms with Crippen LogP contribution in [0.5, 0.6) is 5.75 Å². The summed E-state index contributed by atoms with van der Waals surface area (Å²) < 4.78 is 6.54. The Bertz CT molecular complexity index is 538. The monoisotopic (exact) mass is 325 g/mol. The van der Waals surface area contributed by atoms with Gasteiger partial charge in [0, 0.05) is 9.35 Å². The second kappa shape index (κ2) is 5.87. The van der Waals surface area contributed by atoms with Crippen molar-refractivity contribution in [3.63, 3.8) is 0 Å². The largest absolute Gasteiger partial charge is 0.496 e. The van der Waals surface area contributed by atoms with Gasteiger partial charge in [-0.1, -0.05) is 12.1 Å². The van der Waals surface area contributed by atoms with Gasteiger partial charge >= 0.3 is 0 Å². The molecule has 0 aliphatic heterocycles. The molecule has 1 N–H and O–H groups in total. The van der Waals surface area contributed by atoms with Gasteiger partial charge in [-0.25, -0.2) is 0 Å². The van der Waals surface area contributed by atoms with Crippen molar-refractivity contribution >= 4 is 27.3 Å². The van der Waals surface area contributed by atoms with E-state index in [1.807, 2.05) is 7.05 Å². The molecule has 2 aromatic rings. The van der Waals surface area contributed by atoms with Crippen molar-refractivity contribution in [1.82, 2.24) is 5.32 Å². The Kier molecular flexibility index (Phi) is 4.43. The third kappa shape index (κ3) is 2.60. The summed E-state index contributed by atoms with van der Waals surface area (Å²) in [7, 11) is 3.69. The van der Waals surface area contributed by atoms with E-state index in [1.54, 1.807) is 18.4 Å². The highest BCUT2D eigenvalue weighted by Gasteiger charge is 2.17. The maximum absolute atomic E-state index is 5.39. The minimum absolute atomic E-state index is 0.189. The molecule has 0 radical (unpaired) electrons. The molecule has 1 heterocycles. The van der Waals surface area contributed by atoms with Crippen LogP contribution in [-0.4, -0.2) is 14.2 Å². The zero-order valence-corrected chi connectivity index (χ0v) is 13.1. The maximum Gasteiger partial charge on any atom is 0.122 e. The van der Waals surface area contributed by atoms with E-state index >= 15 is 0 Å². The molecular weight excluding hydrogens is 310 g/mol. The Morgan fingerprint density at radius 3 is 2.67 bits per heavy atom. The van der Waals surface area contributed by atoms with Crippen molar-refractivity contribution in [2.45, 2.75) is 13.0 Å². The van der Waals surface area contributed by atoms with Gasteiger partial charge < -0.3 is 10.1 Å². The van der Waals surface area contributed by atoms with Gasteiger partial charge in [0.05, 0.1) is 13.2 Å². The van der Waals surface area contributed by atoms with Crippen LogP contribution in [0.1, 0.15) is 22.0 Å². The quantitative estimate of drug-likeness (QED) is 0.912. The van der Waals surface area contributed by atoms with Crippen molar-refractivity contribution in [2.24, 2.45) is 0 Å². The SMILES string of the molecule is CNC(c1ccc(C)c(OC)c1)c1sccc1Br. The third-order valence-corrected chi connectivity index (χ3v) is 4.90. The van der Waals surface area contributed by atoms with E-state index in [1.165, 1.54) is 10.4 Å². The molecule has 0 aliphatic rings. The van der Waals surface area contributed by atoms with Crippen LogP contribution in [0.25, 0.3) is 0 Å². The number of thiophene rings is 1. The molecule has 1 aromatic heterocycles. The Morgan fingerprint density at radius 1 is 1.33 bits per heavy atom. The van der Waals surface area contributed by atoms with E-state index in [-0.39, 0.29) is 6.04 Å². The molecule has 2 rings (SSSR count). The van der Waals surface area contributed by atoms with Crippen LogP contribution in [0.15, 0.2) is 34.1 Å². The fourth-order valence-corrected chi connectivity index (χ4v) is 3.71. The molecule has 96 valence electrons. The van der Waals surface area contributed by atoms with Gasteiger partial charge in [0.25, 0.3) is 0 Å². The topological polar surface area (TPSA) is 21.3 Å². The fourth-order valence-electron chi connectivity index (χ4n) is 1.98. The molecule has 1 atom stereocenters. The highest BCUT2D eigenvalue weighted by Crippen LogP contribution is 2.34. The van der Waals surface area contributed by atoms with Crippen LogP contribution < -0.4 is 10.1 Å². The van der Waals surface area contributed by atoms with Crippen molar-refractivity contribution in [2.75, 3.05) is 14.2 Å². The molecule has 18 heavy (non-hydrogen) atoms. The number of methoxy groups -OCH3 is 1. The van der Waals surface area contributed by atoms with Crippen molar-refractivity contribution < 1.29 is 4.74 Å². The summed E-state index contributed by atoms with van der Waals surface area (Å²) in [5, 5.41) is 5.45. The van der Waals surface area contributed by atoms with E-state index in [2.05, 4.69) is 57.8 Å². The zero-order chi connectivity index (χ0) is 13.1.